The van der Waals surface area contributed by atoms with Crippen LogP contribution in [0.5, 0.6) is 5.75 Å². The van der Waals surface area contributed by atoms with E-state index < -0.39 is 0 Å². The average Bonchev–Trinajstić information content (AvgIpc) is 2.61. The molecule has 1 rings (SSSR count). The lowest BCUT2D eigenvalue weighted by Crippen LogP contribution is -2.08. The minimum Gasteiger partial charge on any atom is -0.490 e. The first-order chi connectivity index (χ1) is 7.70. The van der Waals surface area contributed by atoms with Crippen molar-refractivity contribution in [3.63, 3.8) is 0 Å². The largest absolute Gasteiger partial charge is 0.490 e. The first kappa shape index (κ1) is 12.4. The number of carbonyl (C=O) groups excluding carboxylic acids is 1. The SMILES string of the molecule is C=CCCOc1c(C)c[nH]c1C(=O)OCC. The maximum Gasteiger partial charge on any atom is 0.358 e. The van der Waals surface area contributed by atoms with Crippen LogP contribution >= 0.6 is 0 Å². The summed E-state index contributed by atoms with van der Waals surface area (Å²) in [6.07, 6.45) is 4.24. The second-order valence-electron chi connectivity index (χ2n) is 3.32. The van der Waals surface area contributed by atoms with Crippen molar-refractivity contribution in [2.24, 2.45) is 0 Å². The van der Waals surface area contributed by atoms with Crippen molar-refractivity contribution in [1.29, 1.82) is 0 Å². The lowest BCUT2D eigenvalue weighted by Gasteiger charge is -2.06. The Labute approximate surface area is 95.3 Å². The second kappa shape index (κ2) is 6.00. The highest BCUT2D eigenvalue weighted by molar-refractivity contribution is 5.91. The highest BCUT2D eigenvalue weighted by atomic mass is 16.5. The zero-order valence-corrected chi connectivity index (χ0v) is 9.71. The number of carbonyl (C=O) groups is 1. The molecule has 4 nitrogen and oxygen atoms in total. The molecule has 1 aromatic heterocycles. The molecule has 0 amide bonds. The van der Waals surface area contributed by atoms with Crippen molar-refractivity contribution >= 4 is 5.97 Å². The Morgan fingerprint density at radius 2 is 2.38 bits per heavy atom. The fourth-order valence-electron chi connectivity index (χ4n) is 1.29. The van der Waals surface area contributed by atoms with Gasteiger partial charge in [0.15, 0.2) is 11.4 Å². The minimum absolute atomic E-state index is 0.350. The molecule has 0 spiro atoms. The molecule has 0 saturated heterocycles. The van der Waals surface area contributed by atoms with Crippen LogP contribution in [0.2, 0.25) is 0 Å². The fourth-order valence-corrected chi connectivity index (χ4v) is 1.29. The summed E-state index contributed by atoms with van der Waals surface area (Å²) in [6, 6.07) is 0. The Hall–Kier alpha value is -1.71. The van der Waals surface area contributed by atoms with E-state index >= 15 is 0 Å². The van der Waals surface area contributed by atoms with Crippen molar-refractivity contribution < 1.29 is 14.3 Å². The van der Waals surface area contributed by atoms with E-state index in [1.165, 1.54) is 0 Å². The van der Waals surface area contributed by atoms with Crippen molar-refractivity contribution in [3.8, 4) is 5.75 Å². The van der Waals surface area contributed by atoms with Gasteiger partial charge in [0.1, 0.15) is 0 Å². The Morgan fingerprint density at radius 3 is 3.00 bits per heavy atom. The second-order valence-corrected chi connectivity index (χ2v) is 3.32. The summed E-state index contributed by atoms with van der Waals surface area (Å²) in [5, 5.41) is 0. The molecule has 0 radical (unpaired) electrons. The zero-order chi connectivity index (χ0) is 12.0. The molecule has 0 aliphatic rings. The van der Waals surface area contributed by atoms with Crippen LogP contribution in [0.1, 0.15) is 29.4 Å². The van der Waals surface area contributed by atoms with E-state index in [9.17, 15) is 4.79 Å². The van der Waals surface area contributed by atoms with Gasteiger partial charge in [-0.1, -0.05) is 6.08 Å². The van der Waals surface area contributed by atoms with Crippen LogP contribution in [0, 0.1) is 6.92 Å². The van der Waals surface area contributed by atoms with E-state index in [-0.39, 0.29) is 5.97 Å². The quantitative estimate of drug-likeness (QED) is 0.458. The third kappa shape index (κ3) is 2.89. The molecule has 0 aromatic carbocycles. The molecular formula is C12H17NO3. The molecule has 88 valence electrons. The number of esters is 1. The molecule has 0 saturated carbocycles. The van der Waals surface area contributed by atoms with Crippen LogP contribution in [0.25, 0.3) is 0 Å². The predicted molar refractivity (Wildman–Crippen MR) is 61.8 cm³/mol. The molecule has 0 bridgehead atoms. The molecule has 0 fully saturated rings. The lowest BCUT2D eigenvalue weighted by molar-refractivity contribution is 0.0515. The summed E-state index contributed by atoms with van der Waals surface area (Å²) < 4.78 is 10.4. The van der Waals surface area contributed by atoms with E-state index in [1.807, 2.05) is 6.92 Å². The van der Waals surface area contributed by atoms with Crippen LogP contribution in [-0.4, -0.2) is 24.2 Å². The Morgan fingerprint density at radius 1 is 1.62 bits per heavy atom. The Bertz CT molecular complexity index is 368. The number of aryl methyl sites for hydroxylation is 1. The number of hydrogen-bond acceptors (Lipinski definition) is 3. The van der Waals surface area contributed by atoms with Gasteiger partial charge >= 0.3 is 5.97 Å². The maximum atomic E-state index is 11.6. The van der Waals surface area contributed by atoms with E-state index in [0.717, 1.165) is 12.0 Å². The molecule has 1 aromatic rings. The van der Waals surface area contributed by atoms with Gasteiger partial charge in [0.2, 0.25) is 0 Å². The number of hydrogen-bond donors (Lipinski definition) is 1. The smallest absolute Gasteiger partial charge is 0.358 e. The average molecular weight is 223 g/mol. The molecule has 0 aliphatic heterocycles. The minimum atomic E-state index is -0.385. The highest BCUT2D eigenvalue weighted by Gasteiger charge is 2.17. The lowest BCUT2D eigenvalue weighted by atomic mass is 10.3. The number of rotatable bonds is 6. The number of H-pyrrole nitrogens is 1. The number of ether oxygens (including phenoxy) is 2. The zero-order valence-electron chi connectivity index (χ0n) is 9.71. The normalized spacial score (nSPS) is 9.88. The monoisotopic (exact) mass is 223 g/mol. The first-order valence-corrected chi connectivity index (χ1v) is 5.29. The summed E-state index contributed by atoms with van der Waals surface area (Å²) in [4.78, 5) is 14.4. The predicted octanol–water partition coefficient (Wildman–Crippen LogP) is 2.45. The van der Waals surface area contributed by atoms with Crippen LogP contribution in [0.15, 0.2) is 18.9 Å². The topological polar surface area (TPSA) is 51.3 Å². The standard InChI is InChI=1S/C12H17NO3/c1-4-6-7-16-11-9(3)8-13-10(11)12(14)15-5-2/h4,8,13H,1,5-7H2,2-3H3. The van der Waals surface area contributed by atoms with Crippen molar-refractivity contribution in [2.45, 2.75) is 20.3 Å². The summed E-state index contributed by atoms with van der Waals surface area (Å²) in [5.41, 5.74) is 1.27. The molecule has 16 heavy (non-hydrogen) atoms. The molecular weight excluding hydrogens is 206 g/mol. The summed E-state index contributed by atoms with van der Waals surface area (Å²) in [7, 11) is 0. The van der Waals surface area contributed by atoms with Crippen molar-refractivity contribution in [1.82, 2.24) is 4.98 Å². The van der Waals surface area contributed by atoms with Crippen molar-refractivity contribution in [3.05, 3.63) is 30.1 Å². The van der Waals surface area contributed by atoms with Gasteiger partial charge in [-0.3, -0.25) is 0 Å². The molecule has 1 heterocycles. The van der Waals surface area contributed by atoms with Gasteiger partial charge in [-0.05, 0) is 20.3 Å². The summed E-state index contributed by atoms with van der Waals surface area (Å²) in [5.74, 6) is 0.185. The van der Waals surface area contributed by atoms with Gasteiger partial charge < -0.3 is 14.5 Å². The van der Waals surface area contributed by atoms with Gasteiger partial charge in [0.05, 0.1) is 13.2 Å². The van der Waals surface area contributed by atoms with Gasteiger partial charge in [-0.25, -0.2) is 4.79 Å². The van der Waals surface area contributed by atoms with Gasteiger partial charge in [-0.2, -0.15) is 0 Å². The summed E-state index contributed by atoms with van der Waals surface area (Å²) >= 11 is 0. The van der Waals surface area contributed by atoms with Crippen LogP contribution < -0.4 is 4.74 Å². The van der Waals surface area contributed by atoms with E-state index in [2.05, 4.69) is 11.6 Å². The van der Waals surface area contributed by atoms with Crippen LogP contribution in [0.4, 0.5) is 0 Å². The fraction of sp³-hybridized carbons (Fsp3) is 0.417. The van der Waals surface area contributed by atoms with Crippen LogP contribution in [-0.2, 0) is 4.74 Å². The summed E-state index contributed by atoms with van der Waals surface area (Å²) in [6.45, 7) is 8.12. The van der Waals surface area contributed by atoms with Gasteiger partial charge in [0, 0.05) is 11.8 Å². The molecule has 1 N–H and O–H groups in total. The Kier molecular flexibility index (Phi) is 4.64. The molecule has 0 atom stereocenters. The highest BCUT2D eigenvalue weighted by Crippen LogP contribution is 2.23. The Balaban J connectivity index is 2.76. The van der Waals surface area contributed by atoms with E-state index in [0.29, 0.717) is 24.7 Å². The van der Waals surface area contributed by atoms with E-state index in [1.54, 1.807) is 19.2 Å². The number of aromatic amines is 1. The first-order valence-electron chi connectivity index (χ1n) is 5.29. The van der Waals surface area contributed by atoms with Crippen molar-refractivity contribution in [2.75, 3.05) is 13.2 Å². The molecule has 0 unspecified atom stereocenters. The molecule has 0 aliphatic carbocycles. The van der Waals surface area contributed by atoms with Crippen LogP contribution in [0.3, 0.4) is 0 Å². The number of nitrogens with one attached hydrogen (secondary N) is 1. The van der Waals surface area contributed by atoms with Gasteiger partial charge in [-0.15, -0.1) is 6.58 Å². The van der Waals surface area contributed by atoms with Gasteiger partial charge in [0.25, 0.3) is 0 Å². The molecule has 4 heteroatoms. The maximum absolute atomic E-state index is 11.6. The number of aromatic nitrogens is 1. The third-order valence-electron chi connectivity index (χ3n) is 2.07. The third-order valence-corrected chi connectivity index (χ3v) is 2.07. The van der Waals surface area contributed by atoms with E-state index in [4.69, 9.17) is 9.47 Å².